The lowest BCUT2D eigenvalue weighted by Crippen LogP contribution is -2.34. The van der Waals surface area contributed by atoms with Gasteiger partial charge in [-0.1, -0.05) is 29.3 Å². The Labute approximate surface area is 116 Å². The molecular formula is C11H14BrCl2NO. The smallest absolute Gasteiger partial charge is 0.156 e. The molecule has 90 valence electrons. The fraction of sp³-hybridized carbons (Fsp3) is 0.364. The molecule has 0 amide bonds. The fourth-order valence-corrected chi connectivity index (χ4v) is 1.60. The molecule has 0 unspecified atom stereocenters. The molecule has 0 saturated carbocycles. The van der Waals surface area contributed by atoms with Crippen molar-refractivity contribution in [3.63, 3.8) is 0 Å². The Kier molecular flexibility index (Phi) is 5.98. The van der Waals surface area contributed by atoms with Crippen LogP contribution in [0.25, 0.3) is 0 Å². The number of hydrogen-bond acceptors (Lipinski definition) is 2. The maximum atomic E-state index is 11.6. The molecule has 2 nitrogen and oxygen atoms in total. The van der Waals surface area contributed by atoms with Crippen molar-refractivity contribution >= 4 is 46.0 Å². The third-order valence-electron chi connectivity index (χ3n) is 2.52. The molecule has 1 aromatic carbocycles. The van der Waals surface area contributed by atoms with E-state index in [0.717, 1.165) is 5.56 Å². The Bertz CT molecular complexity index is 394. The second kappa shape index (κ2) is 6.01. The van der Waals surface area contributed by atoms with Gasteiger partial charge in [0.25, 0.3) is 0 Å². The summed E-state index contributed by atoms with van der Waals surface area (Å²) in [6.45, 7) is 3.66. The lowest BCUT2D eigenvalue weighted by molar-refractivity contribution is -0.122. The van der Waals surface area contributed by atoms with E-state index in [1.54, 1.807) is 18.2 Å². The Hall–Kier alpha value is -0.0900. The number of ketones is 1. The third kappa shape index (κ3) is 3.20. The molecule has 5 heteroatoms. The molecule has 0 fully saturated rings. The van der Waals surface area contributed by atoms with E-state index in [9.17, 15) is 4.79 Å². The van der Waals surface area contributed by atoms with Crippen LogP contribution in [0.5, 0.6) is 0 Å². The highest BCUT2D eigenvalue weighted by Gasteiger charge is 2.28. The van der Waals surface area contributed by atoms with Gasteiger partial charge in [0.15, 0.2) is 5.78 Å². The lowest BCUT2D eigenvalue weighted by Gasteiger charge is -2.23. The predicted octanol–water partition coefficient (Wildman–Crippen LogP) is 3.38. The van der Waals surface area contributed by atoms with Gasteiger partial charge in [-0.2, -0.15) is 0 Å². The van der Waals surface area contributed by atoms with E-state index in [2.05, 4.69) is 0 Å². The van der Waals surface area contributed by atoms with Crippen LogP contribution in [0.4, 0.5) is 0 Å². The number of halogens is 3. The Morgan fingerprint density at radius 1 is 1.31 bits per heavy atom. The number of Topliss-reactive ketones (excluding diaryl/α,β-unsaturated/α-hetero) is 1. The van der Waals surface area contributed by atoms with Gasteiger partial charge in [0, 0.05) is 5.41 Å². The minimum Gasteiger partial charge on any atom is -0.324 e. The van der Waals surface area contributed by atoms with Crippen LogP contribution in [-0.4, -0.2) is 12.3 Å². The van der Waals surface area contributed by atoms with Crippen molar-refractivity contribution in [3.05, 3.63) is 33.8 Å². The van der Waals surface area contributed by atoms with Crippen molar-refractivity contribution in [3.8, 4) is 0 Å². The standard InChI is InChI=1S/C11H13Cl2NO.BrH/c1-11(2,10(15)6-14)7-3-4-8(12)9(13)5-7;/h3-5H,6,14H2,1-2H3;1H. The van der Waals surface area contributed by atoms with Crippen LogP contribution in [-0.2, 0) is 10.2 Å². The summed E-state index contributed by atoms with van der Waals surface area (Å²) in [5.41, 5.74) is 5.56. The molecule has 1 aromatic rings. The van der Waals surface area contributed by atoms with Gasteiger partial charge in [-0.15, -0.1) is 17.0 Å². The van der Waals surface area contributed by atoms with Crippen LogP contribution >= 0.6 is 40.2 Å². The van der Waals surface area contributed by atoms with Crippen molar-refractivity contribution in [2.24, 2.45) is 5.73 Å². The van der Waals surface area contributed by atoms with Crippen molar-refractivity contribution in [2.45, 2.75) is 19.3 Å². The van der Waals surface area contributed by atoms with Gasteiger partial charge in [0.1, 0.15) is 0 Å². The maximum absolute atomic E-state index is 11.6. The summed E-state index contributed by atoms with van der Waals surface area (Å²) in [5.74, 6) is -0.0270. The number of hydrogen-bond donors (Lipinski definition) is 1. The molecule has 2 N–H and O–H groups in total. The summed E-state index contributed by atoms with van der Waals surface area (Å²) in [5, 5.41) is 0.934. The van der Waals surface area contributed by atoms with Crippen LogP contribution in [0.15, 0.2) is 18.2 Å². The highest BCUT2D eigenvalue weighted by Crippen LogP contribution is 2.30. The van der Waals surface area contributed by atoms with Gasteiger partial charge >= 0.3 is 0 Å². The Morgan fingerprint density at radius 3 is 2.31 bits per heavy atom. The molecule has 0 aliphatic carbocycles. The predicted molar refractivity (Wildman–Crippen MR) is 73.9 cm³/mol. The molecule has 0 spiro atoms. The summed E-state index contributed by atoms with van der Waals surface area (Å²) in [6, 6.07) is 5.18. The van der Waals surface area contributed by atoms with Gasteiger partial charge in [0.05, 0.1) is 16.6 Å². The summed E-state index contributed by atoms with van der Waals surface area (Å²) >= 11 is 11.7. The monoisotopic (exact) mass is 325 g/mol. The number of rotatable bonds is 3. The van der Waals surface area contributed by atoms with Crippen molar-refractivity contribution in [1.29, 1.82) is 0 Å². The van der Waals surface area contributed by atoms with Crippen molar-refractivity contribution < 1.29 is 4.79 Å². The average molecular weight is 327 g/mol. The molecule has 0 aromatic heterocycles. The minimum absolute atomic E-state index is 0. The first-order valence-corrected chi connectivity index (χ1v) is 5.34. The molecule has 16 heavy (non-hydrogen) atoms. The summed E-state index contributed by atoms with van der Waals surface area (Å²) < 4.78 is 0. The molecular weight excluding hydrogens is 313 g/mol. The van der Waals surface area contributed by atoms with E-state index in [0.29, 0.717) is 10.0 Å². The minimum atomic E-state index is -0.622. The Balaban J connectivity index is 0.00000225. The number of nitrogens with two attached hydrogens (primary N) is 1. The fourth-order valence-electron chi connectivity index (χ4n) is 1.30. The van der Waals surface area contributed by atoms with Gasteiger partial charge < -0.3 is 5.73 Å². The van der Waals surface area contributed by atoms with Gasteiger partial charge in [-0.25, -0.2) is 0 Å². The molecule has 0 heterocycles. The molecule has 0 saturated heterocycles. The normalized spacial score (nSPS) is 10.8. The quantitative estimate of drug-likeness (QED) is 0.925. The summed E-state index contributed by atoms with van der Waals surface area (Å²) in [6.07, 6.45) is 0. The zero-order chi connectivity index (χ0) is 11.6. The Morgan fingerprint density at radius 2 is 1.88 bits per heavy atom. The van der Waals surface area contributed by atoms with Gasteiger partial charge in [-0.05, 0) is 31.5 Å². The summed E-state index contributed by atoms with van der Waals surface area (Å²) in [4.78, 5) is 11.6. The molecule has 1 rings (SSSR count). The molecule has 0 radical (unpaired) electrons. The van der Waals surface area contributed by atoms with Crippen LogP contribution in [0.2, 0.25) is 10.0 Å². The molecule has 0 bridgehead atoms. The van der Waals surface area contributed by atoms with E-state index in [1.807, 2.05) is 13.8 Å². The average Bonchev–Trinajstić information content (AvgIpc) is 2.20. The van der Waals surface area contributed by atoms with E-state index < -0.39 is 5.41 Å². The number of carbonyl (C=O) groups excluding carboxylic acids is 1. The first kappa shape index (κ1) is 15.9. The summed E-state index contributed by atoms with van der Waals surface area (Å²) in [7, 11) is 0. The van der Waals surface area contributed by atoms with Crippen LogP contribution in [0.3, 0.4) is 0 Å². The number of benzene rings is 1. The topological polar surface area (TPSA) is 43.1 Å². The van der Waals surface area contributed by atoms with Crippen molar-refractivity contribution in [1.82, 2.24) is 0 Å². The van der Waals surface area contributed by atoms with E-state index >= 15 is 0 Å². The van der Waals surface area contributed by atoms with Crippen LogP contribution in [0.1, 0.15) is 19.4 Å². The van der Waals surface area contributed by atoms with Crippen LogP contribution < -0.4 is 5.73 Å². The van der Waals surface area contributed by atoms with E-state index in [-0.39, 0.29) is 29.3 Å². The first-order chi connectivity index (χ1) is 6.89. The molecule has 0 aliphatic rings. The van der Waals surface area contributed by atoms with E-state index in [4.69, 9.17) is 28.9 Å². The lowest BCUT2D eigenvalue weighted by atomic mass is 9.80. The second-order valence-corrected chi connectivity index (χ2v) is 4.70. The van der Waals surface area contributed by atoms with Crippen molar-refractivity contribution in [2.75, 3.05) is 6.54 Å². The molecule has 0 atom stereocenters. The highest BCUT2D eigenvalue weighted by molar-refractivity contribution is 8.93. The molecule has 0 aliphatic heterocycles. The highest BCUT2D eigenvalue weighted by atomic mass is 79.9. The van der Waals surface area contributed by atoms with Crippen LogP contribution in [0, 0.1) is 0 Å². The van der Waals surface area contributed by atoms with Gasteiger partial charge in [0.2, 0.25) is 0 Å². The first-order valence-electron chi connectivity index (χ1n) is 4.58. The largest absolute Gasteiger partial charge is 0.324 e. The second-order valence-electron chi connectivity index (χ2n) is 3.88. The van der Waals surface area contributed by atoms with Gasteiger partial charge in [-0.3, -0.25) is 4.79 Å². The van der Waals surface area contributed by atoms with E-state index in [1.165, 1.54) is 0 Å². The zero-order valence-corrected chi connectivity index (χ0v) is 12.3. The third-order valence-corrected chi connectivity index (χ3v) is 3.26. The zero-order valence-electron chi connectivity index (χ0n) is 9.09. The SMILES string of the molecule is Br.CC(C)(C(=O)CN)c1ccc(Cl)c(Cl)c1. The maximum Gasteiger partial charge on any atom is 0.156 e. The number of carbonyl (C=O) groups is 1.